The van der Waals surface area contributed by atoms with E-state index in [-0.39, 0.29) is 37.1 Å². The highest BCUT2D eigenvalue weighted by Gasteiger charge is 2.22. The summed E-state index contributed by atoms with van der Waals surface area (Å²) in [5.74, 6) is -1.10. The minimum atomic E-state index is -0.542. The number of amides is 2. The van der Waals surface area contributed by atoms with E-state index < -0.39 is 5.97 Å². The predicted octanol–water partition coefficient (Wildman–Crippen LogP) is 3.94. The van der Waals surface area contributed by atoms with Crippen LogP contribution in [0.2, 0.25) is 0 Å². The first-order chi connectivity index (χ1) is 13.9. The molecule has 1 aromatic rings. The lowest BCUT2D eigenvalue weighted by molar-refractivity contribution is -0.123. The zero-order valence-corrected chi connectivity index (χ0v) is 17.7. The molecule has 1 rings (SSSR count). The number of ether oxygens (including phenoxy) is 2. The van der Waals surface area contributed by atoms with Gasteiger partial charge in [-0.2, -0.15) is 0 Å². The molecule has 2 amide bonds. The van der Waals surface area contributed by atoms with Crippen molar-refractivity contribution in [1.82, 2.24) is 0 Å². The van der Waals surface area contributed by atoms with Crippen LogP contribution in [0, 0.1) is 0 Å². The molecule has 0 aromatic heterocycles. The second-order valence-electron chi connectivity index (χ2n) is 6.54. The van der Waals surface area contributed by atoms with Crippen LogP contribution in [0.25, 0.3) is 0 Å². The summed E-state index contributed by atoms with van der Waals surface area (Å²) in [7, 11) is 0. The first kappa shape index (κ1) is 24.4. The first-order valence-corrected chi connectivity index (χ1v) is 10.0. The third-order valence-electron chi connectivity index (χ3n) is 4.08. The molecular formula is C22H32N2O5. The quantitative estimate of drug-likeness (QED) is 0.306. The van der Waals surface area contributed by atoms with E-state index >= 15 is 0 Å². The zero-order valence-electron chi connectivity index (χ0n) is 17.7. The number of nitrogens with one attached hydrogen (secondary N) is 1. The maximum absolute atomic E-state index is 12.8. The van der Waals surface area contributed by atoms with E-state index in [1.54, 1.807) is 25.1 Å². The van der Waals surface area contributed by atoms with Crippen LogP contribution in [-0.4, -0.2) is 44.1 Å². The number of unbranched alkanes of at least 4 members (excludes halogenated alkanes) is 3. The Morgan fingerprint density at radius 1 is 1.17 bits per heavy atom. The van der Waals surface area contributed by atoms with Crippen molar-refractivity contribution in [3.8, 4) is 0 Å². The van der Waals surface area contributed by atoms with Gasteiger partial charge in [-0.25, -0.2) is 4.79 Å². The lowest BCUT2D eigenvalue weighted by atomic mass is 10.1. The molecule has 0 aliphatic rings. The number of benzene rings is 1. The summed E-state index contributed by atoms with van der Waals surface area (Å²) in [5.41, 5.74) is 1.05. The van der Waals surface area contributed by atoms with E-state index in [1.165, 1.54) is 17.9 Å². The van der Waals surface area contributed by atoms with Crippen molar-refractivity contribution in [3.63, 3.8) is 0 Å². The van der Waals surface area contributed by atoms with Gasteiger partial charge >= 0.3 is 5.97 Å². The fraction of sp³-hybridized carbons (Fsp3) is 0.500. The van der Waals surface area contributed by atoms with Crippen LogP contribution in [-0.2, 0) is 19.1 Å². The SMILES string of the molecule is C=CCN(C(=O)COCCCCCC)c1cc(NC(C)=O)ccc1C(=O)OCC. The maximum Gasteiger partial charge on any atom is 0.340 e. The minimum absolute atomic E-state index is 0.105. The van der Waals surface area contributed by atoms with Gasteiger partial charge in [0.15, 0.2) is 0 Å². The van der Waals surface area contributed by atoms with Crippen LogP contribution in [0.3, 0.4) is 0 Å². The summed E-state index contributed by atoms with van der Waals surface area (Å²) in [4.78, 5) is 38.0. The normalized spacial score (nSPS) is 10.3. The van der Waals surface area contributed by atoms with Gasteiger partial charge in [0.1, 0.15) is 6.61 Å². The predicted molar refractivity (Wildman–Crippen MR) is 114 cm³/mol. The second kappa shape index (κ2) is 13.5. The van der Waals surface area contributed by atoms with Crippen LogP contribution in [0.4, 0.5) is 11.4 Å². The number of anilines is 2. The lowest BCUT2D eigenvalue weighted by Crippen LogP contribution is -2.35. The molecule has 160 valence electrons. The maximum atomic E-state index is 12.8. The Morgan fingerprint density at radius 2 is 1.93 bits per heavy atom. The van der Waals surface area contributed by atoms with Crippen molar-refractivity contribution in [2.45, 2.75) is 46.5 Å². The average Bonchev–Trinajstić information content (AvgIpc) is 2.68. The molecule has 0 atom stereocenters. The first-order valence-electron chi connectivity index (χ1n) is 10.0. The summed E-state index contributed by atoms with van der Waals surface area (Å²) in [6.45, 7) is 9.73. The van der Waals surface area contributed by atoms with Gasteiger partial charge in [0.25, 0.3) is 5.91 Å². The largest absolute Gasteiger partial charge is 0.462 e. The molecule has 1 aromatic carbocycles. The third kappa shape index (κ3) is 8.48. The highest BCUT2D eigenvalue weighted by molar-refractivity contribution is 6.04. The Bertz CT molecular complexity index is 702. The van der Waals surface area contributed by atoms with E-state index in [4.69, 9.17) is 9.47 Å². The molecule has 0 saturated carbocycles. The van der Waals surface area contributed by atoms with Gasteiger partial charge in [0.05, 0.1) is 17.9 Å². The summed E-state index contributed by atoms with van der Waals surface area (Å²) in [5, 5.41) is 2.66. The van der Waals surface area contributed by atoms with Gasteiger partial charge in [0.2, 0.25) is 5.91 Å². The van der Waals surface area contributed by atoms with Gasteiger partial charge in [0, 0.05) is 25.8 Å². The van der Waals surface area contributed by atoms with Crippen molar-refractivity contribution < 1.29 is 23.9 Å². The number of rotatable bonds is 13. The monoisotopic (exact) mass is 404 g/mol. The Morgan fingerprint density at radius 3 is 2.55 bits per heavy atom. The summed E-state index contributed by atoms with van der Waals surface area (Å²) in [6, 6.07) is 4.71. The molecule has 7 heteroatoms. The van der Waals surface area contributed by atoms with E-state index in [0.717, 1.165) is 25.7 Å². The molecule has 0 saturated heterocycles. The molecule has 1 N–H and O–H groups in total. The standard InChI is InChI=1S/C22H32N2O5/c1-5-8-9-10-14-28-16-21(26)24(13-6-2)20-15-18(23-17(4)25)11-12-19(20)22(27)29-7-3/h6,11-12,15H,2,5,7-10,13-14,16H2,1,3-4H3,(H,23,25). The van der Waals surface area contributed by atoms with E-state index in [9.17, 15) is 14.4 Å². The molecule has 0 heterocycles. The van der Waals surface area contributed by atoms with Crippen molar-refractivity contribution in [3.05, 3.63) is 36.4 Å². The smallest absolute Gasteiger partial charge is 0.340 e. The van der Waals surface area contributed by atoms with E-state index in [0.29, 0.717) is 18.0 Å². The number of carbonyl (C=O) groups is 3. The van der Waals surface area contributed by atoms with Crippen molar-refractivity contribution >= 4 is 29.2 Å². The molecule has 0 unspecified atom stereocenters. The summed E-state index contributed by atoms with van der Waals surface area (Å²) >= 11 is 0. The number of hydrogen-bond donors (Lipinski definition) is 1. The Kier molecular flexibility index (Phi) is 11.3. The van der Waals surface area contributed by atoms with E-state index in [1.807, 2.05) is 0 Å². The minimum Gasteiger partial charge on any atom is -0.462 e. The molecule has 0 spiro atoms. The van der Waals surface area contributed by atoms with Crippen LogP contribution >= 0.6 is 0 Å². The zero-order chi connectivity index (χ0) is 21.6. The number of nitrogens with zero attached hydrogens (tertiary/aromatic N) is 1. The average molecular weight is 405 g/mol. The van der Waals surface area contributed by atoms with Crippen molar-refractivity contribution in [2.24, 2.45) is 0 Å². The highest BCUT2D eigenvalue weighted by atomic mass is 16.5. The van der Waals surface area contributed by atoms with Gasteiger partial charge in [-0.05, 0) is 31.5 Å². The highest BCUT2D eigenvalue weighted by Crippen LogP contribution is 2.26. The molecule has 7 nitrogen and oxygen atoms in total. The van der Waals surface area contributed by atoms with Gasteiger partial charge in [-0.15, -0.1) is 6.58 Å². The topological polar surface area (TPSA) is 84.9 Å². The second-order valence-corrected chi connectivity index (χ2v) is 6.54. The van der Waals surface area contributed by atoms with Crippen LogP contribution in [0.15, 0.2) is 30.9 Å². The number of hydrogen-bond acceptors (Lipinski definition) is 5. The van der Waals surface area contributed by atoms with Crippen molar-refractivity contribution in [2.75, 3.05) is 36.6 Å². The van der Waals surface area contributed by atoms with Gasteiger partial charge in [-0.3, -0.25) is 9.59 Å². The third-order valence-corrected chi connectivity index (χ3v) is 4.08. The van der Waals surface area contributed by atoms with Crippen LogP contribution < -0.4 is 10.2 Å². The fourth-order valence-corrected chi connectivity index (χ4v) is 2.75. The summed E-state index contributed by atoms with van der Waals surface area (Å²) in [6.07, 6.45) is 5.80. The van der Waals surface area contributed by atoms with Gasteiger partial charge < -0.3 is 19.7 Å². The lowest BCUT2D eigenvalue weighted by Gasteiger charge is -2.24. The molecule has 0 aliphatic carbocycles. The molecule has 0 bridgehead atoms. The molecular weight excluding hydrogens is 372 g/mol. The fourth-order valence-electron chi connectivity index (χ4n) is 2.75. The van der Waals surface area contributed by atoms with Crippen molar-refractivity contribution in [1.29, 1.82) is 0 Å². The van der Waals surface area contributed by atoms with Gasteiger partial charge in [-0.1, -0.05) is 32.3 Å². The Labute approximate surface area is 173 Å². The molecule has 29 heavy (non-hydrogen) atoms. The van der Waals surface area contributed by atoms with Crippen LogP contribution in [0.5, 0.6) is 0 Å². The number of carbonyl (C=O) groups excluding carboxylic acids is 3. The molecule has 0 fully saturated rings. The number of esters is 1. The summed E-state index contributed by atoms with van der Waals surface area (Å²) < 4.78 is 10.6. The Balaban J connectivity index is 3.05. The molecule has 0 aliphatic heterocycles. The van der Waals surface area contributed by atoms with E-state index in [2.05, 4.69) is 18.8 Å². The molecule has 0 radical (unpaired) electrons. The Hall–Kier alpha value is -2.67. The van der Waals surface area contributed by atoms with Crippen LogP contribution in [0.1, 0.15) is 56.8 Å².